The maximum absolute atomic E-state index is 4.30. The van der Waals surface area contributed by atoms with Gasteiger partial charge in [-0.15, -0.1) is 11.8 Å². The number of nitrogens with zero attached hydrogens (tertiary/aromatic N) is 2. The van der Waals surface area contributed by atoms with E-state index in [-0.39, 0.29) is 0 Å². The zero-order chi connectivity index (χ0) is 12.1. The van der Waals surface area contributed by atoms with Gasteiger partial charge in [-0.3, -0.25) is 0 Å². The SMILES string of the molecule is CSc1ccc(CNc2ccnc(C)n2)cc1. The van der Waals surface area contributed by atoms with Gasteiger partial charge in [-0.2, -0.15) is 0 Å². The van der Waals surface area contributed by atoms with Gasteiger partial charge in [-0.25, -0.2) is 9.97 Å². The van der Waals surface area contributed by atoms with Gasteiger partial charge in [-0.1, -0.05) is 12.1 Å². The molecule has 2 aromatic rings. The molecule has 0 amide bonds. The molecule has 0 saturated carbocycles. The van der Waals surface area contributed by atoms with Crippen LogP contribution in [0.25, 0.3) is 0 Å². The highest BCUT2D eigenvalue weighted by Gasteiger charge is 1.96. The first kappa shape index (κ1) is 11.9. The Morgan fingerprint density at radius 2 is 1.94 bits per heavy atom. The molecule has 17 heavy (non-hydrogen) atoms. The molecular weight excluding hydrogens is 230 g/mol. The second-order valence-corrected chi connectivity index (χ2v) is 4.57. The molecule has 0 aliphatic heterocycles. The number of hydrogen-bond acceptors (Lipinski definition) is 4. The summed E-state index contributed by atoms with van der Waals surface area (Å²) in [6, 6.07) is 10.4. The Hall–Kier alpha value is -1.55. The highest BCUT2D eigenvalue weighted by Crippen LogP contribution is 2.15. The van der Waals surface area contributed by atoms with Crippen molar-refractivity contribution in [1.82, 2.24) is 9.97 Å². The molecule has 1 heterocycles. The van der Waals surface area contributed by atoms with Crippen molar-refractivity contribution in [1.29, 1.82) is 0 Å². The van der Waals surface area contributed by atoms with E-state index >= 15 is 0 Å². The Labute approximate surface area is 106 Å². The quantitative estimate of drug-likeness (QED) is 0.840. The Bertz CT molecular complexity index is 482. The highest BCUT2D eigenvalue weighted by atomic mass is 32.2. The number of anilines is 1. The van der Waals surface area contributed by atoms with Crippen LogP contribution < -0.4 is 5.32 Å². The molecule has 0 aliphatic rings. The minimum atomic E-state index is 0.783. The summed E-state index contributed by atoms with van der Waals surface area (Å²) in [6.07, 6.45) is 3.85. The van der Waals surface area contributed by atoms with Crippen LogP contribution in [-0.4, -0.2) is 16.2 Å². The van der Waals surface area contributed by atoms with E-state index in [1.165, 1.54) is 10.5 Å². The lowest BCUT2D eigenvalue weighted by Gasteiger charge is -2.06. The molecule has 0 fully saturated rings. The summed E-state index contributed by atoms with van der Waals surface area (Å²) >= 11 is 1.75. The van der Waals surface area contributed by atoms with E-state index in [9.17, 15) is 0 Å². The average molecular weight is 245 g/mol. The lowest BCUT2D eigenvalue weighted by molar-refractivity contribution is 1.02. The molecule has 1 aromatic carbocycles. The predicted molar refractivity (Wildman–Crippen MR) is 72.3 cm³/mol. The van der Waals surface area contributed by atoms with Crippen molar-refractivity contribution in [2.45, 2.75) is 18.4 Å². The summed E-state index contributed by atoms with van der Waals surface area (Å²) in [5.41, 5.74) is 1.25. The van der Waals surface area contributed by atoms with E-state index in [1.807, 2.05) is 13.0 Å². The van der Waals surface area contributed by atoms with Crippen LogP contribution in [0.3, 0.4) is 0 Å². The van der Waals surface area contributed by atoms with E-state index in [0.717, 1.165) is 18.2 Å². The number of aryl methyl sites for hydroxylation is 1. The second kappa shape index (κ2) is 5.68. The van der Waals surface area contributed by atoms with Crippen molar-refractivity contribution in [3.63, 3.8) is 0 Å². The van der Waals surface area contributed by atoms with Gasteiger partial charge in [0, 0.05) is 17.6 Å². The highest BCUT2D eigenvalue weighted by molar-refractivity contribution is 7.98. The summed E-state index contributed by atoms with van der Waals surface area (Å²) in [5.74, 6) is 1.65. The fourth-order valence-corrected chi connectivity index (χ4v) is 1.90. The summed E-state index contributed by atoms with van der Waals surface area (Å²) in [6.45, 7) is 2.67. The molecule has 0 saturated heterocycles. The minimum Gasteiger partial charge on any atom is -0.366 e. The molecule has 0 radical (unpaired) electrons. The number of aromatic nitrogens is 2. The minimum absolute atomic E-state index is 0.783. The van der Waals surface area contributed by atoms with Gasteiger partial charge in [0.25, 0.3) is 0 Å². The summed E-state index contributed by atoms with van der Waals surface area (Å²) < 4.78 is 0. The van der Waals surface area contributed by atoms with Gasteiger partial charge in [0.1, 0.15) is 11.6 Å². The van der Waals surface area contributed by atoms with E-state index in [1.54, 1.807) is 18.0 Å². The lowest BCUT2D eigenvalue weighted by atomic mass is 10.2. The first-order chi connectivity index (χ1) is 8.28. The van der Waals surface area contributed by atoms with Crippen molar-refractivity contribution >= 4 is 17.6 Å². The lowest BCUT2D eigenvalue weighted by Crippen LogP contribution is -2.02. The number of nitrogens with one attached hydrogen (secondary N) is 1. The van der Waals surface area contributed by atoms with Crippen LogP contribution in [0.5, 0.6) is 0 Å². The molecule has 0 spiro atoms. The van der Waals surface area contributed by atoms with Crippen LogP contribution in [0.2, 0.25) is 0 Å². The zero-order valence-electron chi connectivity index (χ0n) is 9.97. The molecule has 88 valence electrons. The van der Waals surface area contributed by atoms with Gasteiger partial charge in [-0.05, 0) is 36.9 Å². The normalized spacial score (nSPS) is 10.2. The molecule has 1 N–H and O–H groups in total. The summed E-state index contributed by atoms with van der Waals surface area (Å²) in [5, 5.41) is 3.28. The van der Waals surface area contributed by atoms with Gasteiger partial charge < -0.3 is 5.32 Å². The largest absolute Gasteiger partial charge is 0.366 e. The van der Waals surface area contributed by atoms with Crippen LogP contribution in [0, 0.1) is 6.92 Å². The zero-order valence-corrected chi connectivity index (χ0v) is 10.8. The van der Waals surface area contributed by atoms with Crippen molar-refractivity contribution in [3.8, 4) is 0 Å². The molecular formula is C13H15N3S. The number of thioether (sulfide) groups is 1. The predicted octanol–water partition coefficient (Wildman–Crippen LogP) is 3.12. The maximum Gasteiger partial charge on any atom is 0.129 e. The topological polar surface area (TPSA) is 37.8 Å². The first-order valence-electron chi connectivity index (χ1n) is 5.44. The van der Waals surface area contributed by atoms with Crippen molar-refractivity contribution in [2.24, 2.45) is 0 Å². The van der Waals surface area contributed by atoms with Gasteiger partial charge in [0.05, 0.1) is 0 Å². The van der Waals surface area contributed by atoms with Crippen LogP contribution in [0.1, 0.15) is 11.4 Å². The Balaban J connectivity index is 1.97. The van der Waals surface area contributed by atoms with Crippen molar-refractivity contribution < 1.29 is 0 Å². The number of benzene rings is 1. The molecule has 4 heteroatoms. The third-order valence-corrected chi connectivity index (χ3v) is 3.15. The standard InChI is InChI=1S/C13H15N3S/c1-10-14-8-7-13(16-10)15-9-11-3-5-12(17-2)6-4-11/h3-8H,9H2,1-2H3,(H,14,15,16). The van der Waals surface area contributed by atoms with E-state index in [4.69, 9.17) is 0 Å². The smallest absolute Gasteiger partial charge is 0.129 e. The van der Waals surface area contributed by atoms with Gasteiger partial charge in [0.2, 0.25) is 0 Å². The molecule has 0 aliphatic carbocycles. The third-order valence-electron chi connectivity index (χ3n) is 2.41. The molecule has 0 bridgehead atoms. The number of hydrogen-bond donors (Lipinski definition) is 1. The van der Waals surface area contributed by atoms with Crippen LogP contribution >= 0.6 is 11.8 Å². The van der Waals surface area contributed by atoms with E-state index < -0.39 is 0 Å². The Morgan fingerprint density at radius 1 is 1.18 bits per heavy atom. The fraction of sp³-hybridized carbons (Fsp3) is 0.231. The summed E-state index contributed by atoms with van der Waals surface area (Å²) in [7, 11) is 0. The van der Waals surface area contributed by atoms with Crippen molar-refractivity contribution in [2.75, 3.05) is 11.6 Å². The average Bonchev–Trinajstić information content (AvgIpc) is 2.37. The molecule has 0 atom stereocenters. The first-order valence-corrected chi connectivity index (χ1v) is 6.67. The van der Waals surface area contributed by atoms with Crippen LogP contribution in [0.4, 0.5) is 5.82 Å². The molecule has 2 rings (SSSR count). The van der Waals surface area contributed by atoms with Crippen LogP contribution in [-0.2, 0) is 6.54 Å². The number of rotatable bonds is 4. The maximum atomic E-state index is 4.30. The fourth-order valence-electron chi connectivity index (χ4n) is 1.49. The van der Waals surface area contributed by atoms with Gasteiger partial charge >= 0.3 is 0 Å². The van der Waals surface area contributed by atoms with Crippen molar-refractivity contribution in [3.05, 3.63) is 47.9 Å². The van der Waals surface area contributed by atoms with E-state index in [0.29, 0.717) is 0 Å². The molecule has 1 aromatic heterocycles. The second-order valence-electron chi connectivity index (χ2n) is 3.69. The van der Waals surface area contributed by atoms with Gasteiger partial charge in [0.15, 0.2) is 0 Å². The Kier molecular flexibility index (Phi) is 3.98. The molecule has 0 unspecified atom stereocenters. The third kappa shape index (κ3) is 3.46. The van der Waals surface area contributed by atoms with E-state index in [2.05, 4.69) is 45.8 Å². The monoisotopic (exact) mass is 245 g/mol. The molecule has 3 nitrogen and oxygen atoms in total. The van der Waals surface area contributed by atoms with Crippen LogP contribution in [0.15, 0.2) is 41.4 Å². The Morgan fingerprint density at radius 3 is 2.59 bits per heavy atom. The summed E-state index contributed by atoms with van der Waals surface area (Å²) in [4.78, 5) is 9.64.